The lowest BCUT2D eigenvalue weighted by molar-refractivity contribution is 0.0696. The van der Waals surface area contributed by atoms with Crippen LogP contribution >= 0.6 is 0 Å². The highest BCUT2D eigenvalue weighted by Crippen LogP contribution is 2.25. The molecular formula is C14H8F3NO4. The molecule has 5 nitrogen and oxygen atoms in total. The normalized spacial score (nSPS) is 10.3. The minimum Gasteiger partial charge on any atom is -0.506 e. The molecule has 0 radical (unpaired) electrons. The molecule has 0 bridgehead atoms. The summed E-state index contributed by atoms with van der Waals surface area (Å²) in [7, 11) is 0. The van der Waals surface area contributed by atoms with Gasteiger partial charge in [0.05, 0.1) is 16.8 Å². The quantitative estimate of drug-likeness (QED) is 0.601. The van der Waals surface area contributed by atoms with Gasteiger partial charge in [-0.1, -0.05) is 0 Å². The Bertz CT molecular complexity index is 777. The van der Waals surface area contributed by atoms with Crippen molar-refractivity contribution in [3.63, 3.8) is 0 Å². The van der Waals surface area contributed by atoms with Crippen molar-refractivity contribution in [3.8, 4) is 5.75 Å². The first-order valence-corrected chi connectivity index (χ1v) is 5.82. The Balaban J connectivity index is 2.35. The molecule has 0 unspecified atom stereocenters. The highest BCUT2D eigenvalue weighted by Gasteiger charge is 2.20. The van der Waals surface area contributed by atoms with Crippen molar-refractivity contribution >= 4 is 17.6 Å². The number of aromatic carboxylic acids is 1. The molecule has 8 heteroatoms. The smallest absolute Gasteiger partial charge is 0.335 e. The summed E-state index contributed by atoms with van der Waals surface area (Å²) in [6.07, 6.45) is 0. The van der Waals surface area contributed by atoms with Crippen LogP contribution in [0.4, 0.5) is 18.9 Å². The van der Waals surface area contributed by atoms with Gasteiger partial charge in [0.15, 0.2) is 17.5 Å². The zero-order valence-corrected chi connectivity index (χ0v) is 10.7. The number of amides is 1. The summed E-state index contributed by atoms with van der Waals surface area (Å²) in [5.41, 5.74) is -1.34. The number of halogens is 3. The molecule has 0 aromatic heterocycles. The van der Waals surface area contributed by atoms with Crippen LogP contribution in [0.25, 0.3) is 0 Å². The second kappa shape index (κ2) is 5.76. The molecule has 0 saturated carbocycles. The molecule has 0 aliphatic heterocycles. The average molecular weight is 311 g/mol. The van der Waals surface area contributed by atoms with Crippen LogP contribution in [0.2, 0.25) is 0 Å². The zero-order valence-electron chi connectivity index (χ0n) is 10.7. The van der Waals surface area contributed by atoms with Gasteiger partial charge in [0.2, 0.25) is 0 Å². The van der Waals surface area contributed by atoms with Crippen molar-refractivity contribution in [1.29, 1.82) is 0 Å². The van der Waals surface area contributed by atoms with E-state index in [2.05, 4.69) is 0 Å². The van der Waals surface area contributed by atoms with Crippen LogP contribution in [-0.2, 0) is 0 Å². The fourth-order valence-electron chi connectivity index (χ4n) is 1.66. The van der Waals surface area contributed by atoms with Gasteiger partial charge in [0.1, 0.15) is 5.75 Å². The predicted octanol–water partition coefficient (Wildman–Crippen LogP) is 2.76. The number of carbonyl (C=O) groups excluding carboxylic acids is 1. The van der Waals surface area contributed by atoms with E-state index >= 15 is 0 Å². The molecule has 2 aromatic carbocycles. The van der Waals surface area contributed by atoms with Gasteiger partial charge in [0, 0.05) is 0 Å². The molecule has 0 aliphatic rings. The lowest BCUT2D eigenvalue weighted by Gasteiger charge is -2.09. The van der Waals surface area contributed by atoms with E-state index in [1.54, 1.807) is 0 Å². The fourth-order valence-corrected chi connectivity index (χ4v) is 1.66. The molecule has 0 atom stereocenters. The van der Waals surface area contributed by atoms with Gasteiger partial charge < -0.3 is 15.5 Å². The topological polar surface area (TPSA) is 86.6 Å². The Morgan fingerprint density at radius 2 is 1.68 bits per heavy atom. The molecule has 22 heavy (non-hydrogen) atoms. The number of hydrogen-bond acceptors (Lipinski definition) is 3. The van der Waals surface area contributed by atoms with Gasteiger partial charge in [0.25, 0.3) is 5.91 Å². The summed E-state index contributed by atoms with van der Waals surface area (Å²) >= 11 is 0. The van der Waals surface area contributed by atoms with Crippen molar-refractivity contribution in [3.05, 3.63) is 58.9 Å². The van der Waals surface area contributed by atoms with Gasteiger partial charge in [-0.3, -0.25) is 4.79 Å². The Morgan fingerprint density at radius 3 is 2.32 bits per heavy atom. The Morgan fingerprint density at radius 1 is 1.00 bits per heavy atom. The number of carbonyl (C=O) groups is 2. The van der Waals surface area contributed by atoms with Crippen LogP contribution < -0.4 is 5.32 Å². The van der Waals surface area contributed by atoms with Gasteiger partial charge in [-0.25, -0.2) is 18.0 Å². The molecule has 0 heterocycles. The van der Waals surface area contributed by atoms with E-state index in [-0.39, 0.29) is 11.3 Å². The van der Waals surface area contributed by atoms with Crippen molar-refractivity contribution in [2.24, 2.45) is 0 Å². The maximum atomic E-state index is 13.5. The molecule has 114 valence electrons. The monoisotopic (exact) mass is 311 g/mol. The van der Waals surface area contributed by atoms with E-state index in [0.29, 0.717) is 6.07 Å². The predicted molar refractivity (Wildman–Crippen MR) is 69.3 cm³/mol. The molecule has 2 aromatic rings. The third-order valence-corrected chi connectivity index (χ3v) is 2.77. The molecular weight excluding hydrogens is 303 g/mol. The van der Waals surface area contributed by atoms with E-state index in [0.717, 1.165) is 24.3 Å². The average Bonchev–Trinajstić information content (AvgIpc) is 2.46. The van der Waals surface area contributed by atoms with Gasteiger partial charge >= 0.3 is 5.97 Å². The number of carboxylic acids is 1. The number of nitrogens with one attached hydrogen (secondary N) is 1. The summed E-state index contributed by atoms with van der Waals surface area (Å²) < 4.78 is 39.4. The standard InChI is InChI=1S/C14H8F3NO4/c15-8-3-2-7(11(16)12(8)17)13(20)18-9-5-6(14(21)22)1-4-10(9)19/h1-5,19H,(H,18,20)(H,21,22). The van der Waals surface area contributed by atoms with Crippen LogP contribution in [0.3, 0.4) is 0 Å². The molecule has 0 spiro atoms. The zero-order chi connectivity index (χ0) is 16.4. The number of carboxylic acid groups (broad SMARTS) is 1. The van der Waals surface area contributed by atoms with Crippen LogP contribution in [0, 0.1) is 17.5 Å². The largest absolute Gasteiger partial charge is 0.506 e. The molecule has 2 rings (SSSR count). The first kappa shape index (κ1) is 15.4. The van der Waals surface area contributed by atoms with E-state index in [1.807, 2.05) is 5.32 Å². The number of aromatic hydroxyl groups is 1. The summed E-state index contributed by atoms with van der Waals surface area (Å²) in [6, 6.07) is 4.33. The SMILES string of the molecule is O=C(O)c1ccc(O)c(NC(=O)c2ccc(F)c(F)c2F)c1. The third-order valence-electron chi connectivity index (χ3n) is 2.77. The van der Waals surface area contributed by atoms with Crippen molar-refractivity contribution in [2.75, 3.05) is 5.32 Å². The summed E-state index contributed by atoms with van der Waals surface area (Å²) in [5.74, 6) is -7.91. The van der Waals surface area contributed by atoms with Crippen molar-refractivity contribution < 1.29 is 33.0 Å². The van der Waals surface area contributed by atoms with Crippen LogP contribution in [0.1, 0.15) is 20.7 Å². The summed E-state index contributed by atoms with van der Waals surface area (Å²) in [6.45, 7) is 0. The number of benzene rings is 2. The summed E-state index contributed by atoms with van der Waals surface area (Å²) in [4.78, 5) is 22.6. The molecule has 0 fully saturated rings. The fraction of sp³-hybridized carbons (Fsp3) is 0. The minimum atomic E-state index is -1.81. The van der Waals surface area contributed by atoms with Gasteiger partial charge in [-0.05, 0) is 30.3 Å². The summed E-state index contributed by atoms with van der Waals surface area (Å²) in [5, 5.41) is 20.4. The lowest BCUT2D eigenvalue weighted by Crippen LogP contribution is -2.15. The first-order valence-electron chi connectivity index (χ1n) is 5.82. The Labute approximate surface area is 121 Å². The first-order chi connectivity index (χ1) is 10.3. The van der Waals surface area contributed by atoms with E-state index in [9.17, 15) is 27.9 Å². The van der Waals surface area contributed by atoms with Crippen LogP contribution in [-0.4, -0.2) is 22.1 Å². The van der Waals surface area contributed by atoms with E-state index in [4.69, 9.17) is 5.11 Å². The number of anilines is 1. The number of phenolic OH excluding ortho intramolecular Hbond substituents is 1. The minimum absolute atomic E-state index is 0.237. The Hall–Kier alpha value is -3.03. The number of rotatable bonds is 3. The van der Waals surface area contributed by atoms with E-state index < -0.39 is 40.6 Å². The van der Waals surface area contributed by atoms with Crippen LogP contribution in [0.15, 0.2) is 30.3 Å². The Kier molecular flexibility index (Phi) is 4.02. The molecule has 1 amide bonds. The lowest BCUT2D eigenvalue weighted by atomic mass is 10.1. The highest BCUT2D eigenvalue weighted by molar-refractivity contribution is 6.05. The van der Waals surface area contributed by atoms with Gasteiger partial charge in [-0.2, -0.15) is 0 Å². The number of phenols is 1. The second-order valence-electron chi connectivity index (χ2n) is 4.21. The highest BCUT2D eigenvalue weighted by atomic mass is 19.2. The molecule has 0 saturated heterocycles. The van der Waals surface area contributed by atoms with Crippen molar-refractivity contribution in [1.82, 2.24) is 0 Å². The molecule has 0 aliphatic carbocycles. The molecule has 3 N–H and O–H groups in total. The number of hydrogen-bond donors (Lipinski definition) is 3. The van der Waals surface area contributed by atoms with E-state index in [1.165, 1.54) is 0 Å². The van der Waals surface area contributed by atoms with Crippen LogP contribution in [0.5, 0.6) is 5.75 Å². The maximum absolute atomic E-state index is 13.5. The second-order valence-corrected chi connectivity index (χ2v) is 4.21. The van der Waals surface area contributed by atoms with Gasteiger partial charge in [-0.15, -0.1) is 0 Å². The third kappa shape index (κ3) is 2.85. The van der Waals surface area contributed by atoms with Crippen molar-refractivity contribution in [2.45, 2.75) is 0 Å². The maximum Gasteiger partial charge on any atom is 0.335 e.